The van der Waals surface area contributed by atoms with Gasteiger partial charge in [-0.05, 0) is 30.3 Å². The fraction of sp³-hybridized carbons (Fsp3) is 0. The summed E-state index contributed by atoms with van der Waals surface area (Å²) in [7, 11) is 0. The highest BCUT2D eigenvalue weighted by Gasteiger charge is 2.04. The van der Waals surface area contributed by atoms with Crippen LogP contribution in [0.3, 0.4) is 0 Å². The number of phenolic OH excluding ortho intramolecular Hbond substituents is 1. The third-order valence-electron chi connectivity index (χ3n) is 2.01. The number of halogens is 1. The molecule has 0 saturated carbocycles. The van der Waals surface area contributed by atoms with Crippen molar-refractivity contribution in [3.8, 4) is 17.0 Å². The lowest BCUT2D eigenvalue weighted by Gasteiger charge is -2.02. The van der Waals surface area contributed by atoms with Gasteiger partial charge in [-0.2, -0.15) is 0 Å². The summed E-state index contributed by atoms with van der Waals surface area (Å²) in [6.07, 6.45) is 0. The number of hydrogen-bond acceptors (Lipinski definition) is 3. The predicted molar refractivity (Wildman–Crippen MR) is 55.7 cm³/mol. The quantitative estimate of drug-likeness (QED) is 0.748. The van der Waals surface area contributed by atoms with Crippen molar-refractivity contribution in [1.29, 1.82) is 0 Å². The molecule has 0 bridgehead atoms. The van der Waals surface area contributed by atoms with E-state index in [-0.39, 0.29) is 5.75 Å². The van der Waals surface area contributed by atoms with Crippen LogP contribution in [-0.2, 0) is 0 Å². The van der Waals surface area contributed by atoms with Crippen molar-refractivity contribution >= 4 is 5.82 Å². The summed E-state index contributed by atoms with van der Waals surface area (Å²) in [6.45, 7) is 0. The number of nitrogen functional groups attached to an aromatic ring is 1. The van der Waals surface area contributed by atoms with Crippen LogP contribution in [0.5, 0.6) is 5.75 Å². The van der Waals surface area contributed by atoms with Crippen LogP contribution in [0.1, 0.15) is 0 Å². The summed E-state index contributed by atoms with van der Waals surface area (Å²) in [4.78, 5) is 4.04. The van der Waals surface area contributed by atoms with E-state index in [4.69, 9.17) is 10.8 Å². The summed E-state index contributed by atoms with van der Waals surface area (Å²) in [6, 6.07) is 9.21. The molecule has 4 heteroatoms. The van der Waals surface area contributed by atoms with Crippen LogP contribution in [0.4, 0.5) is 10.2 Å². The summed E-state index contributed by atoms with van der Waals surface area (Å²) >= 11 is 0. The van der Waals surface area contributed by atoms with Gasteiger partial charge in [0.05, 0.1) is 5.69 Å². The molecule has 1 aromatic heterocycles. The average Bonchev–Trinajstić information content (AvgIpc) is 2.22. The van der Waals surface area contributed by atoms with Gasteiger partial charge in [-0.25, -0.2) is 9.37 Å². The fourth-order valence-electron chi connectivity index (χ4n) is 1.28. The molecule has 2 rings (SSSR count). The SMILES string of the molecule is Nc1cccc(-c2ccc(O)c(F)c2)n1. The van der Waals surface area contributed by atoms with Gasteiger partial charge in [0.25, 0.3) is 0 Å². The van der Waals surface area contributed by atoms with Gasteiger partial charge in [-0.3, -0.25) is 0 Å². The van der Waals surface area contributed by atoms with E-state index < -0.39 is 5.82 Å². The Morgan fingerprint density at radius 2 is 2.00 bits per heavy atom. The Kier molecular flexibility index (Phi) is 2.25. The second kappa shape index (κ2) is 3.57. The van der Waals surface area contributed by atoms with Gasteiger partial charge in [0.2, 0.25) is 0 Å². The van der Waals surface area contributed by atoms with E-state index in [1.165, 1.54) is 12.1 Å². The number of phenols is 1. The second-order valence-electron chi connectivity index (χ2n) is 3.11. The molecule has 3 N–H and O–H groups in total. The van der Waals surface area contributed by atoms with E-state index in [1.54, 1.807) is 24.3 Å². The Morgan fingerprint density at radius 3 is 2.67 bits per heavy atom. The van der Waals surface area contributed by atoms with E-state index >= 15 is 0 Å². The monoisotopic (exact) mass is 204 g/mol. The zero-order chi connectivity index (χ0) is 10.8. The number of anilines is 1. The van der Waals surface area contributed by atoms with Crippen molar-refractivity contribution in [3.05, 3.63) is 42.2 Å². The maximum atomic E-state index is 13.1. The molecular weight excluding hydrogens is 195 g/mol. The molecule has 0 aliphatic carbocycles. The topological polar surface area (TPSA) is 59.1 Å². The fourth-order valence-corrected chi connectivity index (χ4v) is 1.28. The molecule has 76 valence electrons. The molecule has 1 heterocycles. The zero-order valence-corrected chi connectivity index (χ0v) is 7.81. The van der Waals surface area contributed by atoms with Crippen LogP contribution in [-0.4, -0.2) is 10.1 Å². The van der Waals surface area contributed by atoms with E-state index in [1.807, 2.05) is 0 Å². The molecular formula is C11H9FN2O. The lowest BCUT2D eigenvalue weighted by atomic mass is 10.1. The highest BCUT2D eigenvalue weighted by atomic mass is 19.1. The first-order valence-corrected chi connectivity index (χ1v) is 4.38. The number of rotatable bonds is 1. The van der Waals surface area contributed by atoms with E-state index in [0.717, 1.165) is 0 Å². The van der Waals surface area contributed by atoms with Crippen molar-refractivity contribution < 1.29 is 9.50 Å². The molecule has 1 aromatic carbocycles. The molecule has 0 fully saturated rings. The van der Waals surface area contributed by atoms with Crippen molar-refractivity contribution in [2.75, 3.05) is 5.73 Å². The Morgan fingerprint density at radius 1 is 1.20 bits per heavy atom. The lowest BCUT2D eigenvalue weighted by Crippen LogP contribution is -1.91. The largest absolute Gasteiger partial charge is 0.505 e. The summed E-state index contributed by atoms with van der Waals surface area (Å²) in [5.41, 5.74) is 6.67. The first-order chi connectivity index (χ1) is 7.16. The minimum Gasteiger partial charge on any atom is -0.505 e. The van der Waals surface area contributed by atoms with Crippen molar-refractivity contribution in [2.24, 2.45) is 0 Å². The minimum atomic E-state index is -0.670. The van der Waals surface area contributed by atoms with Gasteiger partial charge in [-0.15, -0.1) is 0 Å². The van der Waals surface area contributed by atoms with Gasteiger partial charge in [0, 0.05) is 5.56 Å². The molecule has 0 saturated heterocycles. The number of nitrogens with two attached hydrogens (primary N) is 1. The van der Waals surface area contributed by atoms with Crippen LogP contribution in [0.2, 0.25) is 0 Å². The summed E-state index contributed by atoms with van der Waals surface area (Å²) in [5.74, 6) is -0.666. The van der Waals surface area contributed by atoms with Crippen LogP contribution in [0.25, 0.3) is 11.3 Å². The van der Waals surface area contributed by atoms with Gasteiger partial charge < -0.3 is 10.8 Å². The molecule has 3 nitrogen and oxygen atoms in total. The Balaban J connectivity index is 2.50. The molecule has 0 aliphatic rings. The van der Waals surface area contributed by atoms with Crippen LogP contribution >= 0.6 is 0 Å². The number of nitrogens with zero attached hydrogens (tertiary/aromatic N) is 1. The Bertz CT molecular complexity index is 500. The second-order valence-corrected chi connectivity index (χ2v) is 3.11. The minimum absolute atomic E-state index is 0.373. The molecule has 0 spiro atoms. The number of aromatic hydroxyl groups is 1. The van der Waals surface area contributed by atoms with E-state index in [9.17, 15) is 4.39 Å². The first kappa shape index (κ1) is 9.45. The average molecular weight is 204 g/mol. The highest BCUT2D eigenvalue weighted by Crippen LogP contribution is 2.23. The van der Waals surface area contributed by atoms with Gasteiger partial charge in [0.1, 0.15) is 5.82 Å². The van der Waals surface area contributed by atoms with E-state index in [2.05, 4.69) is 4.98 Å². The van der Waals surface area contributed by atoms with Gasteiger partial charge in [0.15, 0.2) is 11.6 Å². The smallest absolute Gasteiger partial charge is 0.165 e. The third kappa shape index (κ3) is 1.88. The van der Waals surface area contributed by atoms with Crippen LogP contribution in [0, 0.1) is 5.82 Å². The molecule has 15 heavy (non-hydrogen) atoms. The van der Waals surface area contributed by atoms with Crippen molar-refractivity contribution in [1.82, 2.24) is 4.98 Å². The predicted octanol–water partition coefficient (Wildman–Crippen LogP) is 2.18. The highest BCUT2D eigenvalue weighted by molar-refractivity contribution is 5.61. The van der Waals surface area contributed by atoms with Crippen LogP contribution < -0.4 is 5.73 Å². The zero-order valence-electron chi connectivity index (χ0n) is 7.81. The Labute approximate surface area is 86.0 Å². The molecule has 0 unspecified atom stereocenters. The molecule has 0 atom stereocenters. The normalized spacial score (nSPS) is 10.2. The Hall–Kier alpha value is -2.10. The first-order valence-electron chi connectivity index (χ1n) is 4.38. The molecule has 0 aliphatic heterocycles. The maximum Gasteiger partial charge on any atom is 0.165 e. The third-order valence-corrected chi connectivity index (χ3v) is 2.01. The van der Waals surface area contributed by atoms with Gasteiger partial charge in [-0.1, -0.05) is 6.07 Å². The van der Waals surface area contributed by atoms with Crippen LogP contribution in [0.15, 0.2) is 36.4 Å². The maximum absolute atomic E-state index is 13.1. The van der Waals surface area contributed by atoms with Crippen molar-refractivity contribution in [2.45, 2.75) is 0 Å². The van der Waals surface area contributed by atoms with Gasteiger partial charge >= 0.3 is 0 Å². The molecule has 0 amide bonds. The molecule has 2 aromatic rings. The van der Waals surface area contributed by atoms with E-state index in [0.29, 0.717) is 17.1 Å². The molecule has 0 radical (unpaired) electrons. The number of pyridine rings is 1. The summed E-state index contributed by atoms with van der Waals surface area (Å²) < 4.78 is 13.1. The van der Waals surface area contributed by atoms with Crippen molar-refractivity contribution in [3.63, 3.8) is 0 Å². The summed E-state index contributed by atoms with van der Waals surface area (Å²) in [5, 5.41) is 9.03. The number of hydrogen-bond donors (Lipinski definition) is 2. The standard InChI is InChI=1S/C11H9FN2O/c12-8-6-7(4-5-10(8)15)9-2-1-3-11(13)14-9/h1-6,15H,(H2,13,14). The number of benzene rings is 1. The lowest BCUT2D eigenvalue weighted by molar-refractivity contribution is 0.432. The number of aromatic nitrogens is 1.